The molecule has 11 heteroatoms. The number of carbonyl (C=O) groups is 2. The molecule has 0 aliphatic rings. The summed E-state index contributed by atoms with van der Waals surface area (Å²) in [7, 11) is -4.21. The molecule has 1 atom stereocenters. The largest absolute Gasteiger partial charge is 0.354 e. The molecule has 2 amide bonds. The molecule has 0 aliphatic heterocycles. The van der Waals surface area contributed by atoms with Gasteiger partial charge in [-0.1, -0.05) is 85.4 Å². The fourth-order valence-electron chi connectivity index (χ4n) is 4.39. The Balaban J connectivity index is 2.10. The molecule has 3 rings (SSSR count). The molecule has 0 aliphatic carbocycles. The molecule has 7 nitrogen and oxygen atoms in total. The normalized spacial score (nSPS) is 12.2. The average Bonchev–Trinajstić information content (AvgIpc) is 2.94. The molecule has 0 radical (unpaired) electrons. The first-order chi connectivity index (χ1) is 19.8. The second kappa shape index (κ2) is 14.6. The maximum absolute atomic E-state index is 14.2. The topological polar surface area (TPSA) is 86.8 Å². The Hall–Kier alpha value is -2.78. The summed E-state index contributed by atoms with van der Waals surface area (Å²) in [6.07, 6.45) is 0.303. The summed E-state index contributed by atoms with van der Waals surface area (Å²) in [6, 6.07) is 15.4. The van der Waals surface area contributed by atoms with E-state index >= 15 is 0 Å². The van der Waals surface area contributed by atoms with Crippen molar-refractivity contribution in [1.82, 2.24) is 10.2 Å². The van der Waals surface area contributed by atoms with Crippen molar-refractivity contribution >= 4 is 62.3 Å². The number of hydrogen-bond acceptors (Lipinski definition) is 4. The molecule has 1 N–H and O–H groups in total. The number of carbonyl (C=O) groups excluding carboxylic acids is 2. The maximum Gasteiger partial charge on any atom is 0.264 e. The van der Waals surface area contributed by atoms with E-state index in [0.29, 0.717) is 39.2 Å². The zero-order chi connectivity index (χ0) is 31.2. The van der Waals surface area contributed by atoms with Crippen molar-refractivity contribution in [3.05, 3.63) is 92.4 Å². The Morgan fingerprint density at radius 1 is 0.905 bits per heavy atom. The Labute approximate surface area is 263 Å². The lowest BCUT2D eigenvalue weighted by molar-refractivity contribution is -0.140. The second-order valence-corrected chi connectivity index (χ2v) is 13.6. The van der Waals surface area contributed by atoms with Gasteiger partial charge >= 0.3 is 0 Å². The molecule has 0 saturated heterocycles. The molecule has 226 valence electrons. The van der Waals surface area contributed by atoms with Crippen LogP contribution >= 0.6 is 34.8 Å². The van der Waals surface area contributed by atoms with Gasteiger partial charge in [-0.25, -0.2) is 8.42 Å². The highest BCUT2D eigenvalue weighted by Crippen LogP contribution is 2.32. The van der Waals surface area contributed by atoms with E-state index in [4.69, 9.17) is 34.8 Å². The van der Waals surface area contributed by atoms with E-state index in [1.807, 2.05) is 20.8 Å². The molecule has 42 heavy (non-hydrogen) atoms. The molecular weight excluding hydrogens is 617 g/mol. The summed E-state index contributed by atoms with van der Waals surface area (Å²) in [6.45, 7) is 9.18. The predicted octanol–water partition coefficient (Wildman–Crippen LogP) is 7.04. The lowest BCUT2D eigenvalue weighted by Gasteiger charge is -2.34. The monoisotopic (exact) mass is 651 g/mol. The summed E-state index contributed by atoms with van der Waals surface area (Å²) in [5, 5.41) is 3.92. The summed E-state index contributed by atoms with van der Waals surface area (Å²) < 4.78 is 29.2. The van der Waals surface area contributed by atoms with Crippen LogP contribution in [0.25, 0.3) is 0 Å². The van der Waals surface area contributed by atoms with Crippen LogP contribution in [0.1, 0.15) is 43.9 Å². The predicted molar refractivity (Wildman–Crippen MR) is 171 cm³/mol. The van der Waals surface area contributed by atoms with Gasteiger partial charge in [-0.15, -0.1) is 0 Å². The van der Waals surface area contributed by atoms with Gasteiger partial charge in [-0.2, -0.15) is 0 Å². The summed E-state index contributed by atoms with van der Waals surface area (Å²) in [5.74, 6) is -0.694. The minimum Gasteiger partial charge on any atom is -0.354 e. The summed E-state index contributed by atoms with van der Waals surface area (Å²) >= 11 is 18.8. The van der Waals surface area contributed by atoms with Crippen molar-refractivity contribution < 1.29 is 18.0 Å². The Morgan fingerprint density at radius 2 is 1.57 bits per heavy atom. The fourth-order valence-corrected chi connectivity index (χ4v) is 6.36. The molecule has 0 aromatic heterocycles. The van der Waals surface area contributed by atoms with Gasteiger partial charge in [0.2, 0.25) is 11.8 Å². The first kappa shape index (κ1) is 33.7. The molecule has 0 heterocycles. The van der Waals surface area contributed by atoms with Crippen LogP contribution in [0.3, 0.4) is 0 Å². The van der Waals surface area contributed by atoms with Crippen molar-refractivity contribution in [2.45, 2.75) is 58.5 Å². The van der Waals surface area contributed by atoms with Crippen LogP contribution in [0.4, 0.5) is 5.69 Å². The van der Waals surface area contributed by atoms with Gasteiger partial charge in [-0.05, 0) is 73.7 Å². The van der Waals surface area contributed by atoms with Crippen molar-refractivity contribution in [1.29, 1.82) is 0 Å². The highest BCUT2D eigenvalue weighted by molar-refractivity contribution is 7.92. The van der Waals surface area contributed by atoms with E-state index in [1.54, 1.807) is 62.4 Å². The molecule has 3 aromatic rings. The van der Waals surface area contributed by atoms with Crippen LogP contribution in [0, 0.1) is 19.8 Å². The first-order valence-corrected chi connectivity index (χ1v) is 16.2. The van der Waals surface area contributed by atoms with E-state index in [-0.39, 0.29) is 29.0 Å². The highest BCUT2D eigenvalue weighted by atomic mass is 35.5. The van der Waals surface area contributed by atoms with E-state index in [2.05, 4.69) is 5.32 Å². The SMILES string of the molecule is CCC(C(=O)NCC(C)C)N(Cc1ccc(Cl)c(Cl)c1)C(=O)CN(c1cccc(Cl)c1C)S(=O)(=O)c1ccc(C)cc1. The van der Waals surface area contributed by atoms with Crippen LogP contribution < -0.4 is 9.62 Å². The van der Waals surface area contributed by atoms with E-state index in [0.717, 1.165) is 9.87 Å². The lowest BCUT2D eigenvalue weighted by Crippen LogP contribution is -2.52. The van der Waals surface area contributed by atoms with Crippen LogP contribution in [-0.2, 0) is 26.2 Å². The molecule has 0 bridgehead atoms. The van der Waals surface area contributed by atoms with Crippen molar-refractivity contribution in [2.24, 2.45) is 5.92 Å². The van der Waals surface area contributed by atoms with Crippen LogP contribution in [-0.4, -0.2) is 44.3 Å². The van der Waals surface area contributed by atoms with Crippen LogP contribution in [0.15, 0.2) is 65.6 Å². The molecule has 3 aromatic carbocycles. The van der Waals surface area contributed by atoms with Gasteiger partial charge in [-0.3, -0.25) is 13.9 Å². The molecule has 0 fully saturated rings. The smallest absolute Gasteiger partial charge is 0.264 e. The van der Waals surface area contributed by atoms with Gasteiger partial charge in [0.1, 0.15) is 12.6 Å². The second-order valence-electron chi connectivity index (χ2n) is 10.5. The first-order valence-electron chi connectivity index (χ1n) is 13.6. The minimum atomic E-state index is -4.21. The van der Waals surface area contributed by atoms with Gasteiger partial charge in [0, 0.05) is 18.1 Å². The number of nitrogens with zero attached hydrogens (tertiary/aromatic N) is 2. The highest BCUT2D eigenvalue weighted by Gasteiger charge is 2.34. The Bertz CT molecular complexity index is 1530. The van der Waals surface area contributed by atoms with Gasteiger partial charge in [0.05, 0.1) is 20.6 Å². The third-order valence-electron chi connectivity index (χ3n) is 6.80. The summed E-state index contributed by atoms with van der Waals surface area (Å²) in [4.78, 5) is 29.0. The average molecular weight is 653 g/mol. The lowest BCUT2D eigenvalue weighted by atomic mass is 10.1. The number of aryl methyl sites for hydroxylation is 1. The maximum atomic E-state index is 14.2. The van der Waals surface area contributed by atoms with E-state index in [9.17, 15) is 18.0 Å². The molecule has 0 saturated carbocycles. The zero-order valence-corrected chi connectivity index (χ0v) is 27.4. The molecule has 0 spiro atoms. The number of rotatable bonds is 12. The number of hydrogen-bond donors (Lipinski definition) is 1. The van der Waals surface area contributed by atoms with Crippen LogP contribution in [0.5, 0.6) is 0 Å². The van der Waals surface area contributed by atoms with E-state index in [1.165, 1.54) is 17.0 Å². The summed E-state index contributed by atoms with van der Waals surface area (Å²) in [5.41, 5.74) is 2.30. The molecular formula is C31H36Cl3N3O4S. The van der Waals surface area contributed by atoms with Crippen molar-refractivity contribution in [2.75, 3.05) is 17.4 Å². The standard InChI is InChI=1S/C31H36Cl3N3O4S/c1-6-28(31(39)35-17-20(2)3)36(18-23-12-15-26(33)27(34)16-23)30(38)19-37(29-9-7-8-25(32)22(29)5)42(40,41)24-13-10-21(4)11-14-24/h7-16,20,28H,6,17-19H2,1-5H3,(H,35,39). The van der Waals surface area contributed by atoms with Crippen LogP contribution in [0.2, 0.25) is 15.1 Å². The molecule has 1 unspecified atom stereocenters. The van der Waals surface area contributed by atoms with Gasteiger partial charge < -0.3 is 10.2 Å². The van der Waals surface area contributed by atoms with Crippen molar-refractivity contribution in [3.63, 3.8) is 0 Å². The number of amides is 2. The Kier molecular flexibility index (Phi) is 11.7. The quantitative estimate of drug-likeness (QED) is 0.227. The third kappa shape index (κ3) is 8.19. The van der Waals surface area contributed by atoms with Gasteiger partial charge in [0.25, 0.3) is 10.0 Å². The zero-order valence-electron chi connectivity index (χ0n) is 24.3. The number of sulfonamides is 1. The van der Waals surface area contributed by atoms with E-state index < -0.39 is 28.5 Å². The fraction of sp³-hybridized carbons (Fsp3) is 0.355. The number of anilines is 1. The Morgan fingerprint density at radius 3 is 2.17 bits per heavy atom. The number of benzene rings is 3. The number of halogens is 3. The van der Waals surface area contributed by atoms with Gasteiger partial charge in [0.15, 0.2) is 0 Å². The number of nitrogens with one attached hydrogen (secondary N) is 1. The minimum absolute atomic E-state index is 0.0102. The third-order valence-corrected chi connectivity index (χ3v) is 9.73. The van der Waals surface area contributed by atoms with Crippen molar-refractivity contribution in [3.8, 4) is 0 Å².